The monoisotopic (exact) mass is 473 g/mol. The largest absolute Gasteiger partial charge is 0.493 e. The van der Waals surface area contributed by atoms with Gasteiger partial charge < -0.3 is 4.74 Å². The van der Waals surface area contributed by atoms with Gasteiger partial charge in [0.2, 0.25) is 5.95 Å². The van der Waals surface area contributed by atoms with E-state index in [1.807, 2.05) is 12.3 Å². The summed E-state index contributed by atoms with van der Waals surface area (Å²) in [5.41, 5.74) is 3.10. The number of nitrogens with zero attached hydrogens (tertiary/aromatic N) is 4. The van der Waals surface area contributed by atoms with Crippen LogP contribution in [0.1, 0.15) is 76.2 Å². The fourth-order valence-corrected chi connectivity index (χ4v) is 6.67. The molecule has 3 heterocycles. The minimum Gasteiger partial charge on any atom is -0.493 e. The van der Waals surface area contributed by atoms with E-state index < -0.39 is 10.2 Å². The first-order valence-electron chi connectivity index (χ1n) is 12.3. The van der Waals surface area contributed by atoms with Crippen LogP contribution in [0, 0.1) is 11.8 Å². The number of nitrogens with one attached hydrogen (secondary N) is 1. The predicted octanol–water partition coefficient (Wildman–Crippen LogP) is 4.51. The van der Waals surface area contributed by atoms with Crippen LogP contribution in [0.15, 0.2) is 24.4 Å². The highest BCUT2D eigenvalue weighted by Gasteiger charge is 2.30. The van der Waals surface area contributed by atoms with Crippen molar-refractivity contribution in [2.75, 3.05) is 24.4 Å². The van der Waals surface area contributed by atoms with Crippen LogP contribution in [0.5, 0.6) is 5.75 Å². The van der Waals surface area contributed by atoms with Gasteiger partial charge in [-0.1, -0.05) is 19.1 Å². The van der Waals surface area contributed by atoms with Crippen molar-refractivity contribution in [2.24, 2.45) is 11.8 Å². The number of anilines is 1. The smallest absolute Gasteiger partial charge is 0.303 e. The van der Waals surface area contributed by atoms with E-state index in [4.69, 9.17) is 4.74 Å². The van der Waals surface area contributed by atoms with Gasteiger partial charge in [-0.15, -0.1) is 10.2 Å². The molecule has 1 N–H and O–H groups in total. The lowest BCUT2D eigenvalue weighted by molar-refractivity contribution is 0.263. The second-order valence-electron chi connectivity index (χ2n) is 10.2. The van der Waals surface area contributed by atoms with Gasteiger partial charge in [-0.05, 0) is 75.5 Å². The molecule has 0 spiro atoms. The maximum absolute atomic E-state index is 12.7. The first-order valence-corrected chi connectivity index (χ1v) is 13.8. The summed E-state index contributed by atoms with van der Waals surface area (Å²) in [5.74, 6) is 3.01. The van der Waals surface area contributed by atoms with Crippen molar-refractivity contribution in [3.63, 3.8) is 0 Å². The minimum absolute atomic E-state index is 0.233. The molecule has 3 aliphatic rings. The first kappa shape index (κ1) is 22.7. The second-order valence-corrected chi connectivity index (χ2v) is 11.9. The summed E-state index contributed by atoms with van der Waals surface area (Å²) in [6, 6.07) is 1.90. The zero-order valence-corrected chi connectivity index (χ0v) is 20.3. The SMILES string of the molecule is C=C1CC(C)CC(CCCOc2cc3nnc(NS(=O)(=O)N4CCCC4)n3cc2C2CC2)C1. The lowest BCUT2D eigenvalue weighted by atomic mass is 9.78. The van der Waals surface area contributed by atoms with Crippen LogP contribution >= 0.6 is 0 Å². The van der Waals surface area contributed by atoms with E-state index in [1.165, 1.54) is 22.7 Å². The van der Waals surface area contributed by atoms with Gasteiger partial charge in [0.1, 0.15) is 5.75 Å². The lowest BCUT2D eigenvalue weighted by Gasteiger charge is -2.28. The van der Waals surface area contributed by atoms with Gasteiger partial charge in [-0.25, -0.2) is 4.72 Å². The van der Waals surface area contributed by atoms with E-state index in [1.54, 1.807) is 4.40 Å². The molecule has 1 aliphatic heterocycles. The second kappa shape index (κ2) is 9.25. The van der Waals surface area contributed by atoms with Crippen molar-refractivity contribution in [2.45, 2.75) is 70.6 Å². The number of fused-ring (bicyclic) bond motifs is 1. The number of aromatic nitrogens is 3. The number of ether oxygens (including phenoxy) is 1. The van der Waals surface area contributed by atoms with Crippen LogP contribution in [0.4, 0.5) is 5.95 Å². The van der Waals surface area contributed by atoms with Crippen LogP contribution in [0.3, 0.4) is 0 Å². The van der Waals surface area contributed by atoms with Crippen molar-refractivity contribution in [3.8, 4) is 5.75 Å². The molecule has 2 aromatic heterocycles. The molecule has 0 aromatic carbocycles. The van der Waals surface area contributed by atoms with E-state index in [-0.39, 0.29) is 5.95 Å². The highest BCUT2D eigenvalue weighted by Crippen LogP contribution is 2.45. The number of allylic oxidation sites excluding steroid dienone is 1. The van der Waals surface area contributed by atoms with Gasteiger partial charge >= 0.3 is 10.2 Å². The van der Waals surface area contributed by atoms with E-state index in [0.29, 0.717) is 31.3 Å². The number of pyridine rings is 1. The average Bonchev–Trinajstić information content (AvgIpc) is 3.29. The molecule has 5 rings (SSSR count). The summed E-state index contributed by atoms with van der Waals surface area (Å²) in [6.07, 6.45) is 11.8. The molecule has 33 heavy (non-hydrogen) atoms. The third kappa shape index (κ3) is 5.19. The molecule has 2 saturated carbocycles. The summed E-state index contributed by atoms with van der Waals surface area (Å²) in [6.45, 7) is 8.30. The fraction of sp³-hybridized carbons (Fsp3) is 0.667. The maximum atomic E-state index is 12.7. The van der Waals surface area contributed by atoms with Crippen molar-refractivity contribution < 1.29 is 13.2 Å². The molecular formula is C24H35N5O3S. The lowest BCUT2D eigenvalue weighted by Crippen LogP contribution is -2.34. The van der Waals surface area contributed by atoms with Crippen molar-refractivity contribution in [3.05, 3.63) is 30.0 Å². The van der Waals surface area contributed by atoms with Gasteiger partial charge in [-0.3, -0.25) is 4.40 Å². The Kier molecular flexibility index (Phi) is 6.35. The first-order chi connectivity index (χ1) is 15.9. The molecule has 2 aliphatic carbocycles. The maximum Gasteiger partial charge on any atom is 0.303 e. The third-order valence-electron chi connectivity index (χ3n) is 7.14. The zero-order chi connectivity index (χ0) is 23.0. The van der Waals surface area contributed by atoms with Crippen LogP contribution in [0.25, 0.3) is 5.65 Å². The number of rotatable bonds is 9. The Morgan fingerprint density at radius 2 is 2.00 bits per heavy atom. The summed E-state index contributed by atoms with van der Waals surface area (Å²) < 4.78 is 37.4. The van der Waals surface area contributed by atoms with Gasteiger partial charge in [0.25, 0.3) is 0 Å². The van der Waals surface area contributed by atoms with E-state index in [2.05, 4.69) is 28.4 Å². The molecule has 2 atom stereocenters. The van der Waals surface area contributed by atoms with Crippen LogP contribution in [-0.4, -0.2) is 47.0 Å². The summed E-state index contributed by atoms with van der Waals surface area (Å²) in [5, 5.41) is 8.32. The molecule has 3 fully saturated rings. The molecule has 1 saturated heterocycles. The number of hydrogen-bond acceptors (Lipinski definition) is 5. The topological polar surface area (TPSA) is 88.8 Å². The van der Waals surface area contributed by atoms with Gasteiger partial charge in [-0.2, -0.15) is 12.7 Å². The highest BCUT2D eigenvalue weighted by atomic mass is 32.2. The van der Waals surface area contributed by atoms with Gasteiger partial charge in [0, 0.05) is 30.9 Å². The standard InChI is InChI=1S/C24H35N5O3S/c1-17-12-18(2)14-19(13-17)6-5-11-32-22-15-23-25-26-24(29(23)16-21(22)20-7-8-20)27-33(30,31)28-9-3-4-10-28/h15-16,18-20H,1,3-14H2,2H3,(H,26,27). The Labute approximate surface area is 196 Å². The van der Waals surface area contributed by atoms with Crippen LogP contribution in [0.2, 0.25) is 0 Å². The summed E-state index contributed by atoms with van der Waals surface area (Å²) in [7, 11) is -3.62. The molecule has 0 amide bonds. The minimum atomic E-state index is -3.62. The quantitative estimate of drug-likeness (QED) is 0.428. The van der Waals surface area contributed by atoms with Crippen molar-refractivity contribution in [1.29, 1.82) is 0 Å². The molecule has 9 heteroatoms. The normalized spacial score (nSPS) is 24.5. The van der Waals surface area contributed by atoms with Crippen LogP contribution < -0.4 is 9.46 Å². The third-order valence-corrected chi connectivity index (χ3v) is 8.63. The summed E-state index contributed by atoms with van der Waals surface area (Å²) >= 11 is 0. The van der Waals surface area contributed by atoms with Gasteiger partial charge in [0.15, 0.2) is 5.65 Å². The molecule has 180 valence electrons. The average molecular weight is 474 g/mol. The zero-order valence-electron chi connectivity index (χ0n) is 19.5. The van der Waals surface area contributed by atoms with Gasteiger partial charge in [0.05, 0.1) is 6.61 Å². The Balaban J connectivity index is 1.26. The Hall–Kier alpha value is -2.13. The van der Waals surface area contributed by atoms with Crippen molar-refractivity contribution in [1.82, 2.24) is 18.9 Å². The Morgan fingerprint density at radius 3 is 2.73 bits per heavy atom. The van der Waals surface area contributed by atoms with E-state index in [0.717, 1.165) is 68.1 Å². The Morgan fingerprint density at radius 1 is 1.21 bits per heavy atom. The summed E-state index contributed by atoms with van der Waals surface area (Å²) in [4.78, 5) is 0. The molecular weight excluding hydrogens is 438 g/mol. The fourth-order valence-electron chi connectivity index (χ4n) is 5.43. The molecule has 0 radical (unpaired) electrons. The van der Waals surface area contributed by atoms with Crippen LogP contribution in [-0.2, 0) is 10.2 Å². The van der Waals surface area contributed by atoms with E-state index >= 15 is 0 Å². The Bertz CT molecular complexity index is 1120. The molecule has 2 unspecified atom stereocenters. The molecule has 8 nitrogen and oxygen atoms in total. The van der Waals surface area contributed by atoms with Crippen molar-refractivity contribution >= 4 is 21.8 Å². The predicted molar refractivity (Wildman–Crippen MR) is 129 cm³/mol. The molecule has 2 aromatic rings. The van der Waals surface area contributed by atoms with E-state index in [9.17, 15) is 8.42 Å². The molecule has 0 bridgehead atoms. The number of hydrogen-bond donors (Lipinski definition) is 1. The highest BCUT2D eigenvalue weighted by molar-refractivity contribution is 7.90.